The molecule has 3 rings (SSSR count). The number of nitrogens with one attached hydrogen (secondary N) is 1. The Morgan fingerprint density at radius 3 is 2.15 bits per heavy atom. The fourth-order valence-electron chi connectivity index (χ4n) is 3.28. The van der Waals surface area contributed by atoms with Gasteiger partial charge in [0.2, 0.25) is 0 Å². The number of halogens is 3. The van der Waals surface area contributed by atoms with Crippen molar-refractivity contribution in [3.63, 3.8) is 0 Å². The zero-order valence-electron chi connectivity index (χ0n) is 14.7. The second-order valence-corrected chi connectivity index (χ2v) is 6.27. The molecule has 7 heteroatoms. The van der Waals surface area contributed by atoms with Gasteiger partial charge in [-0.05, 0) is 42.0 Å². The Kier molecular flexibility index (Phi) is 5.27. The molecule has 1 heterocycles. The van der Waals surface area contributed by atoms with Gasteiger partial charge in [-0.25, -0.2) is 0 Å². The predicted octanol–water partition coefficient (Wildman–Crippen LogP) is 2.74. The van der Waals surface area contributed by atoms with E-state index in [1.807, 2.05) is 12.1 Å². The molecule has 0 aliphatic carbocycles. The van der Waals surface area contributed by atoms with Crippen molar-refractivity contribution in [2.24, 2.45) is 0 Å². The van der Waals surface area contributed by atoms with Crippen LogP contribution in [-0.2, 0) is 19.5 Å². The number of alkyl halides is 3. The maximum Gasteiger partial charge on any atom is 0.573 e. The number of benzene rings is 2. The summed E-state index contributed by atoms with van der Waals surface area (Å²) >= 11 is 0. The molecule has 1 unspecified atom stereocenters. The van der Waals surface area contributed by atoms with Crippen LogP contribution in [0, 0.1) is 0 Å². The quantitative estimate of drug-likeness (QED) is 0.881. The highest BCUT2D eigenvalue weighted by Crippen LogP contribution is 2.31. The van der Waals surface area contributed by atoms with E-state index < -0.39 is 6.36 Å². The molecule has 2 aromatic carbocycles. The highest BCUT2D eigenvalue weighted by atomic mass is 19.4. The van der Waals surface area contributed by atoms with Gasteiger partial charge < -0.3 is 19.1 Å². The molecule has 0 bridgehead atoms. The average Bonchev–Trinajstić information content (AvgIpc) is 2.61. The number of rotatable bonds is 5. The van der Waals surface area contributed by atoms with Crippen molar-refractivity contribution in [2.75, 3.05) is 20.8 Å². The lowest BCUT2D eigenvalue weighted by molar-refractivity contribution is -0.929. The van der Waals surface area contributed by atoms with Crippen LogP contribution in [0.3, 0.4) is 0 Å². The predicted molar refractivity (Wildman–Crippen MR) is 89.6 cm³/mol. The van der Waals surface area contributed by atoms with Crippen molar-refractivity contribution in [1.29, 1.82) is 0 Å². The molecule has 140 valence electrons. The van der Waals surface area contributed by atoms with Gasteiger partial charge in [-0.2, -0.15) is 0 Å². The summed E-state index contributed by atoms with van der Waals surface area (Å²) < 4.78 is 51.3. The maximum absolute atomic E-state index is 12.2. The minimum absolute atomic E-state index is 0.197. The van der Waals surface area contributed by atoms with E-state index in [2.05, 4.69) is 4.74 Å². The summed E-state index contributed by atoms with van der Waals surface area (Å²) in [4.78, 5) is 1.34. The highest BCUT2D eigenvalue weighted by molar-refractivity contribution is 5.47. The van der Waals surface area contributed by atoms with Gasteiger partial charge >= 0.3 is 6.36 Å². The van der Waals surface area contributed by atoms with Crippen LogP contribution in [0.25, 0.3) is 0 Å². The van der Waals surface area contributed by atoms with Crippen LogP contribution in [0.2, 0.25) is 0 Å². The van der Waals surface area contributed by atoms with E-state index in [0.717, 1.165) is 37.4 Å². The van der Waals surface area contributed by atoms with Crippen LogP contribution in [0.15, 0.2) is 36.4 Å². The van der Waals surface area contributed by atoms with Gasteiger partial charge in [0.25, 0.3) is 0 Å². The molecule has 1 aliphatic heterocycles. The molecule has 0 spiro atoms. The van der Waals surface area contributed by atoms with E-state index in [-0.39, 0.29) is 5.75 Å². The second-order valence-electron chi connectivity index (χ2n) is 6.27. The topological polar surface area (TPSA) is 32.1 Å². The number of methoxy groups -OCH3 is 2. The summed E-state index contributed by atoms with van der Waals surface area (Å²) in [6.07, 6.45) is -3.75. The molecule has 0 saturated heterocycles. The van der Waals surface area contributed by atoms with E-state index in [0.29, 0.717) is 5.75 Å². The van der Waals surface area contributed by atoms with Gasteiger partial charge in [-0.3, -0.25) is 0 Å². The van der Waals surface area contributed by atoms with Crippen LogP contribution in [0.5, 0.6) is 17.2 Å². The van der Waals surface area contributed by atoms with Gasteiger partial charge in [0.05, 0.1) is 20.8 Å². The summed E-state index contributed by atoms with van der Waals surface area (Å²) in [5.41, 5.74) is 3.43. The normalized spacial score (nSPS) is 16.7. The second kappa shape index (κ2) is 7.45. The van der Waals surface area contributed by atoms with Crippen molar-refractivity contribution < 1.29 is 32.3 Å². The summed E-state index contributed by atoms with van der Waals surface area (Å²) in [6, 6.07) is 10.1. The van der Waals surface area contributed by atoms with Crippen molar-refractivity contribution in [3.8, 4) is 17.2 Å². The molecular formula is C19H21F3NO3+. The van der Waals surface area contributed by atoms with Crippen LogP contribution in [0.4, 0.5) is 13.2 Å². The van der Waals surface area contributed by atoms with E-state index >= 15 is 0 Å². The maximum atomic E-state index is 12.2. The molecule has 0 aromatic heterocycles. The fraction of sp³-hybridized carbons (Fsp3) is 0.368. The first-order chi connectivity index (χ1) is 12.4. The first-order valence-electron chi connectivity index (χ1n) is 8.30. The third-order valence-corrected chi connectivity index (χ3v) is 4.51. The molecule has 0 saturated carbocycles. The summed E-state index contributed by atoms with van der Waals surface area (Å²) in [6.45, 7) is 2.51. The zero-order valence-corrected chi connectivity index (χ0v) is 14.7. The van der Waals surface area contributed by atoms with Crippen LogP contribution < -0.4 is 19.1 Å². The molecule has 26 heavy (non-hydrogen) atoms. The van der Waals surface area contributed by atoms with Gasteiger partial charge in [0, 0.05) is 17.5 Å². The first kappa shape index (κ1) is 18.4. The zero-order chi connectivity index (χ0) is 18.7. The Balaban J connectivity index is 1.67. The van der Waals surface area contributed by atoms with E-state index in [9.17, 15) is 13.2 Å². The van der Waals surface area contributed by atoms with Crippen LogP contribution >= 0.6 is 0 Å². The molecule has 0 amide bonds. The summed E-state index contributed by atoms with van der Waals surface area (Å²) in [7, 11) is 3.24. The van der Waals surface area contributed by atoms with Gasteiger partial charge in [0.15, 0.2) is 11.5 Å². The Labute approximate surface area is 150 Å². The average molecular weight is 368 g/mol. The smallest absolute Gasteiger partial charge is 0.493 e. The lowest BCUT2D eigenvalue weighted by atomic mass is 9.98. The SMILES string of the molecule is COc1cc2c(cc1OC)C[NH+](Cc1ccc(OC(F)(F)F)cc1)CC2. The van der Waals surface area contributed by atoms with Crippen molar-refractivity contribution in [2.45, 2.75) is 25.9 Å². The highest BCUT2D eigenvalue weighted by Gasteiger charge is 2.31. The lowest BCUT2D eigenvalue weighted by Crippen LogP contribution is -3.10. The van der Waals surface area contributed by atoms with Gasteiger partial charge in [-0.1, -0.05) is 0 Å². The number of hydrogen-bond acceptors (Lipinski definition) is 3. The van der Waals surface area contributed by atoms with Gasteiger partial charge in [-0.15, -0.1) is 13.2 Å². The molecule has 2 aromatic rings. The van der Waals surface area contributed by atoms with E-state index in [4.69, 9.17) is 9.47 Å². The third-order valence-electron chi connectivity index (χ3n) is 4.51. The molecule has 1 aliphatic rings. The van der Waals surface area contributed by atoms with Crippen molar-refractivity contribution >= 4 is 0 Å². The van der Waals surface area contributed by atoms with Crippen molar-refractivity contribution in [3.05, 3.63) is 53.1 Å². The molecular weight excluding hydrogens is 347 g/mol. The lowest BCUT2D eigenvalue weighted by Gasteiger charge is -2.27. The Bertz CT molecular complexity index is 760. The standard InChI is InChI=1S/C19H20F3NO3/c1-24-17-9-14-7-8-23(12-15(14)10-18(17)25-2)11-13-3-5-16(6-4-13)26-19(20,21)22/h3-6,9-10H,7-8,11-12H2,1-2H3/p+1. The molecule has 0 fully saturated rings. The summed E-state index contributed by atoms with van der Waals surface area (Å²) in [5, 5.41) is 0. The molecule has 1 N–H and O–H groups in total. The Hall–Kier alpha value is -2.41. The Morgan fingerprint density at radius 1 is 0.962 bits per heavy atom. The number of ether oxygens (including phenoxy) is 3. The summed E-state index contributed by atoms with van der Waals surface area (Å²) in [5.74, 6) is 1.24. The molecule has 1 atom stereocenters. The minimum Gasteiger partial charge on any atom is -0.493 e. The van der Waals surface area contributed by atoms with E-state index in [1.165, 1.54) is 28.2 Å². The monoisotopic (exact) mass is 368 g/mol. The van der Waals surface area contributed by atoms with Gasteiger partial charge in [0.1, 0.15) is 18.8 Å². The Morgan fingerprint density at radius 2 is 1.58 bits per heavy atom. The largest absolute Gasteiger partial charge is 0.573 e. The molecule has 4 nitrogen and oxygen atoms in total. The molecule has 0 radical (unpaired) electrons. The number of fused-ring (bicyclic) bond motifs is 1. The third kappa shape index (κ3) is 4.40. The van der Waals surface area contributed by atoms with Crippen LogP contribution in [0.1, 0.15) is 16.7 Å². The van der Waals surface area contributed by atoms with E-state index in [1.54, 1.807) is 26.4 Å². The number of hydrogen-bond donors (Lipinski definition) is 1. The first-order valence-corrected chi connectivity index (χ1v) is 8.30. The van der Waals surface area contributed by atoms with Crippen LogP contribution in [-0.4, -0.2) is 27.1 Å². The van der Waals surface area contributed by atoms with Crippen molar-refractivity contribution in [1.82, 2.24) is 0 Å². The minimum atomic E-state index is -4.66. The number of quaternary nitrogens is 1. The fourth-order valence-corrected chi connectivity index (χ4v) is 3.28.